The van der Waals surface area contributed by atoms with Crippen LogP contribution in [0.15, 0.2) is 24.3 Å². The lowest BCUT2D eigenvalue weighted by atomic mass is 10.0. The minimum Gasteiger partial charge on any atom is -0.508 e. The van der Waals surface area contributed by atoms with E-state index in [0.29, 0.717) is 0 Å². The lowest BCUT2D eigenvalue weighted by Gasteiger charge is -2.16. The number of aliphatic hydroxyl groups is 3. The first-order chi connectivity index (χ1) is 7.63. The van der Waals surface area contributed by atoms with Crippen LogP contribution in [0.4, 0.5) is 0 Å². The van der Waals surface area contributed by atoms with Gasteiger partial charge in [0.05, 0.1) is 24.8 Å². The van der Waals surface area contributed by atoms with Crippen LogP contribution >= 0.6 is 0 Å². The summed E-state index contributed by atoms with van der Waals surface area (Å²) in [4.78, 5) is 0. The van der Waals surface area contributed by atoms with Crippen molar-refractivity contribution in [2.75, 3.05) is 6.61 Å². The van der Waals surface area contributed by atoms with Crippen molar-refractivity contribution in [3.63, 3.8) is 0 Å². The summed E-state index contributed by atoms with van der Waals surface area (Å²) in [6.45, 7) is -0.229. The van der Waals surface area contributed by atoms with Crippen LogP contribution in [0.3, 0.4) is 0 Å². The second-order valence-corrected chi connectivity index (χ2v) is 4.01. The monoisotopic (exact) mass is 225 g/mol. The van der Waals surface area contributed by atoms with Crippen molar-refractivity contribution in [2.24, 2.45) is 0 Å². The lowest BCUT2D eigenvalue weighted by Crippen LogP contribution is -2.35. The number of hydrogen-bond donors (Lipinski definition) is 5. The Bertz CT molecular complexity index is 354. The molecule has 5 nitrogen and oxygen atoms in total. The number of aromatic hydroxyl groups is 1. The van der Waals surface area contributed by atoms with Gasteiger partial charge in [-0.1, -0.05) is 12.1 Å². The highest BCUT2D eigenvalue weighted by Gasteiger charge is 2.41. The van der Waals surface area contributed by atoms with Gasteiger partial charge in [0, 0.05) is 0 Å². The predicted molar refractivity (Wildman–Crippen MR) is 56.9 cm³/mol. The predicted octanol–water partition coefficient (Wildman–Crippen LogP) is -0.881. The summed E-state index contributed by atoms with van der Waals surface area (Å²) in [7, 11) is 0. The molecule has 0 spiro atoms. The number of nitrogens with one attached hydrogen (secondary N) is 1. The van der Waals surface area contributed by atoms with E-state index >= 15 is 0 Å². The first-order valence-electron chi connectivity index (χ1n) is 5.15. The van der Waals surface area contributed by atoms with Gasteiger partial charge in [-0.25, -0.2) is 0 Å². The molecule has 1 aliphatic heterocycles. The number of aliphatic hydroxyl groups excluding tert-OH is 3. The van der Waals surface area contributed by atoms with Gasteiger partial charge in [-0.2, -0.15) is 0 Å². The van der Waals surface area contributed by atoms with Crippen LogP contribution in [-0.2, 0) is 0 Å². The molecular formula is C11H15NO4. The third-order valence-electron chi connectivity index (χ3n) is 2.95. The normalized spacial score (nSPS) is 34.2. The Morgan fingerprint density at radius 1 is 1.06 bits per heavy atom. The van der Waals surface area contributed by atoms with E-state index in [2.05, 4.69) is 5.32 Å². The second kappa shape index (κ2) is 4.39. The highest BCUT2D eigenvalue weighted by Crippen LogP contribution is 2.28. The fourth-order valence-corrected chi connectivity index (χ4v) is 2.00. The van der Waals surface area contributed by atoms with E-state index < -0.39 is 24.3 Å². The Kier molecular flexibility index (Phi) is 3.11. The highest BCUT2D eigenvalue weighted by atomic mass is 16.3. The minimum atomic E-state index is -0.983. The molecule has 0 unspecified atom stereocenters. The summed E-state index contributed by atoms with van der Waals surface area (Å²) in [5.41, 5.74) is 0.764. The van der Waals surface area contributed by atoms with Crippen molar-refractivity contribution < 1.29 is 20.4 Å². The van der Waals surface area contributed by atoms with Crippen molar-refractivity contribution in [2.45, 2.75) is 24.3 Å². The molecule has 5 heteroatoms. The van der Waals surface area contributed by atoms with E-state index in [0.717, 1.165) is 5.56 Å². The van der Waals surface area contributed by atoms with Gasteiger partial charge in [0.2, 0.25) is 0 Å². The van der Waals surface area contributed by atoms with E-state index in [4.69, 9.17) is 10.2 Å². The molecule has 0 aliphatic carbocycles. The van der Waals surface area contributed by atoms with Gasteiger partial charge < -0.3 is 25.7 Å². The molecular weight excluding hydrogens is 210 g/mol. The molecule has 0 aromatic heterocycles. The lowest BCUT2D eigenvalue weighted by molar-refractivity contribution is 0.0194. The summed E-state index contributed by atoms with van der Waals surface area (Å²) in [6, 6.07) is 5.43. The molecule has 16 heavy (non-hydrogen) atoms. The average molecular weight is 225 g/mol. The SMILES string of the molecule is OC[C@H]1N[C@@H](c2ccc(O)cc2)[C@H](O)[C@H]1O. The Morgan fingerprint density at radius 3 is 2.19 bits per heavy atom. The molecule has 1 aromatic carbocycles. The molecule has 0 radical (unpaired) electrons. The number of hydrogen-bond acceptors (Lipinski definition) is 5. The van der Waals surface area contributed by atoms with Gasteiger partial charge in [-0.15, -0.1) is 0 Å². The molecule has 2 rings (SSSR count). The summed E-state index contributed by atoms with van der Waals surface area (Å²) >= 11 is 0. The Labute approximate surface area is 93.0 Å². The van der Waals surface area contributed by atoms with E-state index in [9.17, 15) is 10.2 Å². The number of phenols is 1. The standard InChI is InChI=1S/C11H15NO4/c13-5-8-10(15)11(16)9(12-8)6-1-3-7(14)4-2-6/h1-4,8-16H,5H2/t8-,9+,10+,11+/m1/s1. The summed E-state index contributed by atoms with van der Waals surface area (Å²) < 4.78 is 0. The van der Waals surface area contributed by atoms with Crippen LogP contribution in [0.1, 0.15) is 11.6 Å². The number of phenolic OH excluding ortho intramolecular Hbond substituents is 1. The smallest absolute Gasteiger partial charge is 0.115 e. The van der Waals surface area contributed by atoms with E-state index in [1.54, 1.807) is 12.1 Å². The Morgan fingerprint density at radius 2 is 1.69 bits per heavy atom. The van der Waals surface area contributed by atoms with E-state index in [1.165, 1.54) is 12.1 Å². The van der Waals surface area contributed by atoms with Crippen molar-refractivity contribution in [1.29, 1.82) is 0 Å². The van der Waals surface area contributed by atoms with Crippen LogP contribution < -0.4 is 5.32 Å². The fraction of sp³-hybridized carbons (Fsp3) is 0.455. The Hall–Kier alpha value is -1.14. The third-order valence-corrected chi connectivity index (χ3v) is 2.95. The zero-order chi connectivity index (χ0) is 11.7. The molecule has 88 valence electrons. The van der Waals surface area contributed by atoms with Crippen molar-refractivity contribution in [3.05, 3.63) is 29.8 Å². The van der Waals surface area contributed by atoms with Gasteiger partial charge in [-0.3, -0.25) is 0 Å². The fourth-order valence-electron chi connectivity index (χ4n) is 2.00. The highest BCUT2D eigenvalue weighted by molar-refractivity contribution is 5.30. The molecule has 0 amide bonds. The molecule has 1 heterocycles. The molecule has 1 aliphatic rings. The maximum atomic E-state index is 9.80. The van der Waals surface area contributed by atoms with Crippen LogP contribution in [-0.4, -0.2) is 45.3 Å². The topological polar surface area (TPSA) is 93.0 Å². The molecule has 5 N–H and O–H groups in total. The average Bonchev–Trinajstić information content (AvgIpc) is 2.57. The number of benzene rings is 1. The number of rotatable bonds is 2. The molecule has 0 bridgehead atoms. The van der Waals surface area contributed by atoms with Crippen molar-refractivity contribution in [3.8, 4) is 5.75 Å². The summed E-state index contributed by atoms with van der Waals surface area (Å²) in [6.07, 6.45) is -1.94. The summed E-state index contributed by atoms with van der Waals surface area (Å²) in [5, 5.41) is 40.5. The maximum absolute atomic E-state index is 9.80. The van der Waals surface area contributed by atoms with Crippen LogP contribution in [0.25, 0.3) is 0 Å². The molecule has 1 saturated heterocycles. The van der Waals surface area contributed by atoms with Crippen molar-refractivity contribution >= 4 is 0 Å². The summed E-state index contributed by atoms with van der Waals surface area (Å²) in [5.74, 6) is 0.149. The molecule has 1 fully saturated rings. The first kappa shape index (κ1) is 11.3. The van der Waals surface area contributed by atoms with E-state index in [-0.39, 0.29) is 12.4 Å². The first-order valence-corrected chi connectivity index (χ1v) is 5.15. The Balaban J connectivity index is 2.19. The van der Waals surface area contributed by atoms with Crippen LogP contribution in [0, 0.1) is 0 Å². The second-order valence-electron chi connectivity index (χ2n) is 4.01. The molecule has 1 aromatic rings. The maximum Gasteiger partial charge on any atom is 0.115 e. The van der Waals surface area contributed by atoms with Crippen molar-refractivity contribution in [1.82, 2.24) is 5.32 Å². The zero-order valence-corrected chi connectivity index (χ0v) is 8.61. The zero-order valence-electron chi connectivity index (χ0n) is 8.61. The van der Waals surface area contributed by atoms with Crippen LogP contribution in [0.2, 0.25) is 0 Å². The largest absolute Gasteiger partial charge is 0.508 e. The quantitative estimate of drug-likeness (QED) is 0.451. The molecule has 0 saturated carbocycles. The van der Waals surface area contributed by atoms with E-state index in [1.807, 2.05) is 0 Å². The van der Waals surface area contributed by atoms with Gasteiger partial charge in [-0.05, 0) is 17.7 Å². The van der Waals surface area contributed by atoms with Gasteiger partial charge in [0.15, 0.2) is 0 Å². The van der Waals surface area contributed by atoms with Gasteiger partial charge in [0.25, 0.3) is 0 Å². The minimum absolute atomic E-state index is 0.149. The van der Waals surface area contributed by atoms with Gasteiger partial charge in [0.1, 0.15) is 11.9 Å². The molecule has 4 atom stereocenters. The van der Waals surface area contributed by atoms with Crippen LogP contribution in [0.5, 0.6) is 5.75 Å². The third kappa shape index (κ3) is 1.90. The van der Waals surface area contributed by atoms with Gasteiger partial charge >= 0.3 is 0 Å².